The molecule has 0 aromatic heterocycles. The molecule has 1 rings (SSSR count). The molecule has 11 heavy (non-hydrogen) atoms. The summed E-state index contributed by atoms with van der Waals surface area (Å²) in [6, 6.07) is 8.50. The van der Waals surface area contributed by atoms with E-state index in [4.69, 9.17) is 5.73 Å². The molecule has 0 aliphatic heterocycles. The molecule has 1 aromatic rings. The first-order valence-corrected chi connectivity index (χ1v) is 4.09. The van der Waals surface area contributed by atoms with Crippen LogP contribution in [0, 0.1) is 0 Å². The van der Waals surface area contributed by atoms with Crippen LogP contribution in [0.4, 0.5) is 0 Å². The number of benzene rings is 1. The molecule has 0 saturated carbocycles. The molecule has 1 heteroatoms. The normalized spacial score (nSPS) is 13.0. The Labute approximate surface area is 68.2 Å². The van der Waals surface area contributed by atoms with Crippen LogP contribution in [0.2, 0.25) is 0 Å². The monoisotopic (exact) mass is 149 g/mol. The molecule has 1 atom stereocenters. The molecule has 0 aliphatic rings. The second kappa shape index (κ2) is 3.54. The van der Waals surface area contributed by atoms with Crippen molar-refractivity contribution in [2.24, 2.45) is 5.73 Å². The second-order valence-corrected chi connectivity index (χ2v) is 2.84. The topological polar surface area (TPSA) is 26.0 Å². The minimum Gasteiger partial charge on any atom is -0.324 e. The maximum absolute atomic E-state index is 5.79. The molecule has 0 fully saturated rings. The summed E-state index contributed by atoms with van der Waals surface area (Å²) in [6.45, 7) is 4.18. The van der Waals surface area contributed by atoms with Gasteiger partial charge in [0.05, 0.1) is 0 Å². The van der Waals surface area contributed by atoms with Crippen molar-refractivity contribution in [3.05, 3.63) is 35.4 Å². The first-order chi connectivity index (χ1) is 5.25. The molecule has 0 saturated heterocycles. The molecule has 0 spiro atoms. The number of aryl methyl sites for hydroxylation is 1. The molecule has 0 heterocycles. The van der Waals surface area contributed by atoms with Crippen molar-refractivity contribution in [3.63, 3.8) is 0 Å². The molecule has 1 nitrogen and oxygen atoms in total. The average molecular weight is 149 g/mol. The Morgan fingerprint density at radius 2 is 2.00 bits per heavy atom. The molecule has 0 radical (unpaired) electrons. The van der Waals surface area contributed by atoms with Crippen molar-refractivity contribution < 1.29 is 0 Å². The second-order valence-electron chi connectivity index (χ2n) is 2.84. The molecule has 2 N–H and O–H groups in total. The van der Waals surface area contributed by atoms with Gasteiger partial charge in [0.25, 0.3) is 0 Å². The fourth-order valence-corrected chi connectivity index (χ4v) is 1.30. The van der Waals surface area contributed by atoms with E-state index >= 15 is 0 Å². The highest BCUT2D eigenvalue weighted by atomic mass is 14.6. The Hall–Kier alpha value is -0.820. The molecule has 0 amide bonds. The zero-order chi connectivity index (χ0) is 8.27. The summed E-state index contributed by atoms with van der Waals surface area (Å²) in [5, 5.41) is 0. The van der Waals surface area contributed by atoms with Crippen LogP contribution >= 0.6 is 0 Å². The molecule has 0 unspecified atom stereocenters. The zero-order valence-electron chi connectivity index (χ0n) is 7.17. The lowest BCUT2D eigenvalue weighted by atomic mass is 10.0. The van der Waals surface area contributed by atoms with Gasteiger partial charge in [-0.3, -0.25) is 0 Å². The largest absolute Gasteiger partial charge is 0.324 e. The maximum Gasteiger partial charge on any atom is 0.0268 e. The van der Waals surface area contributed by atoms with Crippen LogP contribution < -0.4 is 5.73 Å². The smallest absolute Gasteiger partial charge is 0.0268 e. The van der Waals surface area contributed by atoms with Gasteiger partial charge in [0, 0.05) is 6.04 Å². The van der Waals surface area contributed by atoms with Crippen molar-refractivity contribution >= 4 is 0 Å². The van der Waals surface area contributed by atoms with Gasteiger partial charge in [-0.15, -0.1) is 0 Å². The van der Waals surface area contributed by atoms with E-state index in [9.17, 15) is 0 Å². The summed E-state index contributed by atoms with van der Waals surface area (Å²) < 4.78 is 0. The van der Waals surface area contributed by atoms with Crippen LogP contribution in [0.15, 0.2) is 24.3 Å². The van der Waals surface area contributed by atoms with Gasteiger partial charge in [0.15, 0.2) is 0 Å². The summed E-state index contributed by atoms with van der Waals surface area (Å²) in [5.74, 6) is 0. The highest BCUT2D eigenvalue weighted by Crippen LogP contribution is 2.15. The summed E-state index contributed by atoms with van der Waals surface area (Å²) >= 11 is 0. The van der Waals surface area contributed by atoms with Crippen molar-refractivity contribution in [1.82, 2.24) is 0 Å². The van der Waals surface area contributed by atoms with Crippen molar-refractivity contribution in [1.29, 1.82) is 0 Å². The minimum atomic E-state index is 0.158. The van der Waals surface area contributed by atoms with Gasteiger partial charge in [0.2, 0.25) is 0 Å². The molecule has 1 aromatic carbocycles. The molecule has 60 valence electrons. The Morgan fingerprint density at radius 3 is 2.45 bits per heavy atom. The molecular weight excluding hydrogens is 134 g/mol. The third-order valence-corrected chi connectivity index (χ3v) is 1.93. The van der Waals surface area contributed by atoms with Crippen molar-refractivity contribution in [2.45, 2.75) is 26.3 Å². The Morgan fingerprint density at radius 1 is 1.36 bits per heavy atom. The Kier molecular flexibility index (Phi) is 2.66. The summed E-state index contributed by atoms with van der Waals surface area (Å²) in [7, 11) is 0. The number of rotatable bonds is 2. The summed E-state index contributed by atoms with van der Waals surface area (Å²) in [4.78, 5) is 0. The first-order valence-electron chi connectivity index (χ1n) is 4.09. The summed E-state index contributed by atoms with van der Waals surface area (Å²) in [5.41, 5.74) is 8.43. The van der Waals surface area contributed by atoms with Gasteiger partial charge in [-0.05, 0) is 24.5 Å². The lowest BCUT2D eigenvalue weighted by Crippen LogP contribution is -2.07. The van der Waals surface area contributed by atoms with Crippen LogP contribution in [0.3, 0.4) is 0 Å². The van der Waals surface area contributed by atoms with Crippen molar-refractivity contribution in [3.8, 4) is 0 Å². The van der Waals surface area contributed by atoms with E-state index in [0.29, 0.717) is 0 Å². The molecular formula is C10H15N. The van der Waals surface area contributed by atoms with Gasteiger partial charge in [-0.1, -0.05) is 31.2 Å². The van der Waals surface area contributed by atoms with Crippen molar-refractivity contribution in [2.75, 3.05) is 0 Å². The van der Waals surface area contributed by atoms with Gasteiger partial charge < -0.3 is 5.73 Å². The van der Waals surface area contributed by atoms with E-state index in [0.717, 1.165) is 6.42 Å². The minimum absolute atomic E-state index is 0.158. The zero-order valence-corrected chi connectivity index (χ0v) is 7.17. The van der Waals surface area contributed by atoms with E-state index in [1.165, 1.54) is 11.1 Å². The highest BCUT2D eigenvalue weighted by molar-refractivity contribution is 5.29. The average Bonchev–Trinajstić information content (AvgIpc) is 2.04. The lowest BCUT2D eigenvalue weighted by Gasteiger charge is -2.09. The van der Waals surface area contributed by atoms with E-state index in [1.807, 2.05) is 13.0 Å². The summed E-state index contributed by atoms with van der Waals surface area (Å²) in [6.07, 6.45) is 1.07. The molecule has 0 bridgehead atoms. The quantitative estimate of drug-likeness (QED) is 0.685. The van der Waals surface area contributed by atoms with E-state index in [1.54, 1.807) is 0 Å². The maximum atomic E-state index is 5.79. The Bertz CT molecular complexity index is 228. The SMILES string of the molecule is CCc1ccccc1[C@@H](C)N. The number of hydrogen-bond donors (Lipinski definition) is 1. The van der Waals surface area contributed by atoms with Crippen LogP contribution in [0.25, 0.3) is 0 Å². The fraction of sp³-hybridized carbons (Fsp3) is 0.400. The van der Waals surface area contributed by atoms with Crippen LogP contribution in [-0.4, -0.2) is 0 Å². The van der Waals surface area contributed by atoms with E-state index in [2.05, 4.69) is 25.1 Å². The number of hydrogen-bond acceptors (Lipinski definition) is 1. The standard InChI is InChI=1S/C10H15N/c1-3-9-6-4-5-7-10(9)8(2)11/h4-8H,3,11H2,1-2H3/t8-/m1/s1. The van der Waals surface area contributed by atoms with Gasteiger partial charge in [0.1, 0.15) is 0 Å². The fourth-order valence-electron chi connectivity index (χ4n) is 1.30. The van der Waals surface area contributed by atoms with E-state index in [-0.39, 0.29) is 6.04 Å². The predicted molar refractivity (Wildman–Crippen MR) is 48.4 cm³/mol. The van der Waals surface area contributed by atoms with Crippen LogP contribution in [-0.2, 0) is 6.42 Å². The first kappa shape index (κ1) is 8.28. The van der Waals surface area contributed by atoms with Crippen LogP contribution in [0.5, 0.6) is 0 Å². The predicted octanol–water partition coefficient (Wildman–Crippen LogP) is 2.27. The number of nitrogens with two attached hydrogens (primary N) is 1. The van der Waals surface area contributed by atoms with Crippen LogP contribution in [0.1, 0.15) is 31.0 Å². The Balaban J connectivity index is 3.02. The van der Waals surface area contributed by atoms with E-state index < -0.39 is 0 Å². The third kappa shape index (κ3) is 1.81. The molecule has 0 aliphatic carbocycles. The van der Waals surface area contributed by atoms with Gasteiger partial charge >= 0.3 is 0 Å². The van der Waals surface area contributed by atoms with Gasteiger partial charge in [-0.25, -0.2) is 0 Å². The highest BCUT2D eigenvalue weighted by Gasteiger charge is 2.02. The van der Waals surface area contributed by atoms with Gasteiger partial charge in [-0.2, -0.15) is 0 Å². The third-order valence-electron chi connectivity index (χ3n) is 1.93. The lowest BCUT2D eigenvalue weighted by molar-refractivity contribution is 0.801.